The summed E-state index contributed by atoms with van der Waals surface area (Å²) < 4.78 is 15.6. The van der Waals surface area contributed by atoms with E-state index in [1.165, 1.54) is 11.3 Å². The number of hydrogen-bond acceptors (Lipinski definition) is 8. The molecule has 0 saturated heterocycles. The molecule has 42 heavy (non-hydrogen) atoms. The number of carbonyl (C=O) groups is 1. The molecule has 8 nitrogen and oxygen atoms in total. The first-order valence-corrected chi connectivity index (χ1v) is 15.7. The van der Waals surface area contributed by atoms with E-state index in [4.69, 9.17) is 9.47 Å². The van der Waals surface area contributed by atoms with Crippen molar-refractivity contribution in [3.8, 4) is 16.8 Å². The molecule has 4 aromatic rings. The Bertz CT molecular complexity index is 2020. The van der Waals surface area contributed by atoms with Gasteiger partial charge in [0.25, 0.3) is 5.56 Å². The van der Waals surface area contributed by atoms with E-state index in [-0.39, 0.29) is 12.2 Å². The Labute approximate surface area is 259 Å². The fourth-order valence-corrected chi connectivity index (χ4v) is 8.06. The van der Waals surface area contributed by atoms with Crippen LogP contribution in [0.5, 0.6) is 5.75 Å². The molecule has 0 bridgehead atoms. The number of halogens is 1. The van der Waals surface area contributed by atoms with Crippen LogP contribution in [-0.4, -0.2) is 28.8 Å². The number of aromatic nitrogens is 2. The van der Waals surface area contributed by atoms with E-state index in [0.29, 0.717) is 36.4 Å². The summed E-state index contributed by atoms with van der Waals surface area (Å²) in [6.07, 6.45) is 1.87. The van der Waals surface area contributed by atoms with Crippen molar-refractivity contribution in [3.05, 3.63) is 98.2 Å². The van der Waals surface area contributed by atoms with Crippen LogP contribution in [0, 0.1) is 39.0 Å². The van der Waals surface area contributed by atoms with Crippen molar-refractivity contribution in [2.24, 2.45) is 4.99 Å². The predicted octanol–water partition coefficient (Wildman–Crippen LogP) is 5.53. The molecule has 0 fully saturated rings. The summed E-state index contributed by atoms with van der Waals surface area (Å²) in [6, 6.07) is 9.14. The fourth-order valence-electron chi connectivity index (χ4n) is 5.25. The number of fused-ring (bicyclic) bond motifs is 1. The number of thiazole rings is 1. The number of rotatable bonds is 6. The lowest BCUT2D eigenvalue weighted by atomic mass is 9.96. The smallest absolute Gasteiger partial charge is 0.338 e. The van der Waals surface area contributed by atoms with Crippen LogP contribution in [0.3, 0.4) is 0 Å². The van der Waals surface area contributed by atoms with Crippen LogP contribution in [-0.2, 0) is 9.53 Å². The van der Waals surface area contributed by atoms with Gasteiger partial charge < -0.3 is 14.0 Å². The van der Waals surface area contributed by atoms with Crippen LogP contribution in [0.1, 0.15) is 58.4 Å². The second-order valence-electron chi connectivity index (χ2n) is 9.93. The standard InChI is InChI=1S/C31H29BrN4O4S2/c1-8-40-30(38)26-17(4)34-31-36(27(26)20-9-10-24(39-7)23(32)12-20)28(37)25(42-31)13-21-11-15(2)35(18(21)5)29-22(14-33)16(3)19(6)41-29/h9-13,27H,8H2,1-7H3/b25-13+/t27-/m1/s1. The molecule has 0 amide bonds. The molecule has 1 aliphatic heterocycles. The number of thiophene rings is 1. The molecule has 0 unspecified atom stereocenters. The Morgan fingerprint density at radius 3 is 2.57 bits per heavy atom. The van der Waals surface area contributed by atoms with Gasteiger partial charge in [-0.25, -0.2) is 9.79 Å². The van der Waals surface area contributed by atoms with E-state index in [0.717, 1.165) is 38.0 Å². The first-order chi connectivity index (χ1) is 20.0. The number of nitriles is 1. The molecule has 1 atom stereocenters. The highest BCUT2D eigenvalue weighted by Gasteiger charge is 2.33. The van der Waals surface area contributed by atoms with Crippen LogP contribution >= 0.6 is 38.6 Å². The molecule has 1 aliphatic rings. The molecule has 11 heteroatoms. The minimum atomic E-state index is -0.729. The highest BCUT2D eigenvalue weighted by molar-refractivity contribution is 9.10. The molecule has 0 saturated carbocycles. The molecule has 3 aromatic heterocycles. The van der Waals surface area contributed by atoms with Crippen molar-refractivity contribution in [2.75, 3.05) is 13.7 Å². The molecule has 0 aliphatic carbocycles. The lowest BCUT2D eigenvalue weighted by Gasteiger charge is -2.25. The van der Waals surface area contributed by atoms with Gasteiger partial charge in [0.2, 0.25) is 0 Å². The number of esters is 1. The Hall–Kier alpha value is -3.72. The van der Waals surface area contributed by atoms with E-state index in [1.807, 2.05) is 52.0 Å². The summed E-state index contributed by atoms with van der Waals surface area (Å²) in [4.78, 5) is 33.6. The van der Waals surface area contributed by atoms with Crippen LogP contribution in [0.25, 0.3) is 11.1 Å². The summed E-state index contributed by atoms with van der Waals surface area (Å²) in [5.74, 6) is 0.124. The predicted molar refractivity (Wildman–Crippen MR) is 168 cm³/mol. The van der Waals surface area contributed by atoms with Gasteiger partial charge in [0, 0.05) is 16.3 Å². The number of allylic oxidation sites excluding steroid dienone is 1. The molecule has 1 aromatic carbocycles. The number of aryl methyl sites for hydroxylation is 2. The molecule has 0 N–H and O–H groups in total. The second-order valence-corrected chi connectivity index (χ2v) is 13.0. The number of benzene rings is 1. The maximum Gasteiger partial charge on any atom is 0.338 e. The molecule has 5 rings (SSSR count). The summed E-state index contributed by atoms with van der Waals surface area (Å²) in [5.41, 5.74) is 5.70. The first-order valence-electron chi connectivity index (χ1n) is 13.2. The van der Waals surface area contributed by atoms with E-state index in [1.54, 1.807) is 42.9 Å². The number of methoxy groups -OCH3 is 1. The summed E-state index contributed by atoms with van der Waals surface area (Å²) >= 11 is 6.41. The van der Waals surface area contributed by atoms with Gasteiger partial charge in [-0.3, -0.25) is 9.36 Å². The molecule has 0 spiro atoms. The van der Waals surface area contributed by atoms with E-state index >= 15 is 0 Å². The van der Waals surface area contributed by atoms with Crippen molar-refractivity contribution in [1.29, 1.82) is 5.26 Å². The zero-order valence-electron chi connectivity index (χ0n) is 24.3. The van der Waals surface area contributed by atoms with Gasteiger partial charge in [-0.05, 0) is 98.4 Å². The lowest BCUT2D eigenvalue weighted by molar-refractivity contribution is -0.139. The van der Waals surface area contributed by atoms with Gasteiger partial charge >= 0.3 is 5.97 Å². The third-order valence-electron chi connectivity index (χ3n) is 7.45. The average molecular weight is 666 g/mol. The fraction of sp³-hybridized carbons (Fsp3) is 0.290. The maximum atomic E-state index is 14.1. The van der Waals surface area contributed by atoms with Crippen molar-refractivity contribution >= 4 is 50.6 Å². The third-order valence-corrected chi connectivity index (χ3v) is 10.2. The van der Waals surface area contributed by atoms with Gasteiger partial charge in [-0.2, -0.15) is 5.26 Å². The van der Waals surface area contributed by atoms with Crippen LogP contribution < -0.4 is 19.6 Å². The van der Waals surface area contributed by atoms with Gasteiger partial charge in [0.05, 0.1) is 45.6 Å². The molecule has 216 valence electrons. The number of ether oxygens (including phenoxy) is 2. The largest absolute Gasteiger partial charge is 0.496 e. The zero-order valence-corrected chi connectivity index (χ0v) is 27.5. The topological polar surface area (TPSA) is 98.6 Å². The van der Waals surface area contributed by atoms with Crippen LogP contribution in [0.15, 0.2) is 49.8 Å². The maximum absolute atomic E-state index is 14.1. The summed E-state index contributed by atoms with van der Waals surface area (Å²) in [7, 11) is 1.58. The van der Waals surface area contributed by atoms with E-state index in [9.17, 15) is 14.9 Å². The molecular formula is C31H29BrN4O4S2. The molecular weight excluding hydrogens is 636 g/mol. The first kappa shape index (κ1) is 29.8. The van der Waals surface area contributed by atoms with Crippen molar-refractivity contribution in [3.63, 3.8) is 0 Å². The van der Waals surface area contributed by atoms with Crippen molar-refractivity contribution < 1.29 is 14.3 Å². The Kier molecular flexibility index (Phi) is 8.16. The Balaban J connectivity index is 1.71. The minimum absolute atomic E-state index is 0.200. The van der Waals surface area contributed by atoms with Gasteiger partial charge in [0.1, 0.15) is 16.8 Å². The van der Waals surface area contributed by atoms with E-state index < -0.39 is 12.0 Å². The SMILES string of the molecule is CCOC(=O)C1=C(C)N=c2s/c(=C/c3cc(C)n(-c4sc(C)c(C)c4C#N)c3C)c(=O)n2[C@@H]1c1ccc(OC)c(Br)c1. The van der Waals surface area contributed by atoms with Crippen LogP contribution in [0.4, 0.5) is 0 Å². The number of hydrogen-bond donors (Lipinski definition) is 0. The van der Waals surface area contributed by atoms with Gasteiger partial charge in [-0.15, -0.1) is 11.3 Å². The summed E-state index contributed by atoms with van der Waals surface area (Å²) in [6.45, 7) is 11.7. The quantitative estimate of drug-likeness (QED) is 0.253. The van der Waals surface area contributed by atoms with E-state index in [2.05, 4.69) is 31.6 Å². The number of carbonyl (C=O) groups excluding carboxylic acids is 1. The normalized spacial score (nSPS) is 14.9. The Morgan fingerprint density at radius 2 is 1.93 bits per heavy atom. The second kappa shape index (κ2) is 11.5. The molecule has 0 radical (unpaired) electrons. The highest BCUT2D eigenvalue weighted by atomic mass is 79.9. The van der Waals surface area contributed by atoms with Gasteiger partial charge in [-0.1, -0.05) is 17.4 Å². The third kappa shape index (κ3) is 4.87. The van der Waals surface area contributed by atoms with Gasteiger partial charge in [0.15, 0.2) is 4.80 Å². The van der Waals surface area contributed by atoms with Crippen LogP contribution in [0.2, 0.25) is 0 Å². The Morgan fingerprint density at radius 1 is 1.19 bits per heavy atom. The highest BCUT2D eigenvalue weighted by Crippen LogP contribution is 2.36. The lowest BCUT2D eigenvalue weighted by Crippen LogP contribution is -2.40. The zero-order chi connectivity index (χ0) is 30.5. The number of nitrogens with zero attached hydrogens (tertiary/aromatic N) is 4. The summed E-state index contributed by atoms with van der Waals surface area (Å²) in [5, 5.41) is 10.7. The minimum Gasteiger partial charge on any atom is -0.496 e. The van der Waals surface area contributed by atoms with Crippen molar-refractivity contribution in [1.82, 2.24) is 9.13 Å². The monoisotopic (exact) mass is 664 g/mol. The molecule has 4 heterocycles. The average Bonchev–Trinajstić information content (AvgIpc) is 3.51. The van der Waals surface area contributed by atoms with Crippen molar-refractivity contribution in [2.45, 2.75) is 47.6 Å².